The van der Waals surface area contributed by atoms with Crippen LogP contribution in [-0.4, -0.2) is 23.1 Å². The van der Waals surface area contributed by atoms with Gasteiger partial charge in [-0.25, -0.2) is 4.79 Å². The topological polar surface area (TPSA) is 107 Å². The molecular formula is C15H16ClN3O4. The van der Waals surface area contributed by atoms with Gasteiger partial charge in [0.05, 0.1) is 5.69 Å². The van der Waals surface area contributed by atoms with Crippen molar-refractivity contribution in [2.24, 2.45) is 0 Å². The number of halogens is 1. The van der Waals surface area contributed by atoms with Crippen molar-refractivity contribution >= 4 is 29.4 Å². The lowest BCUT2D eigenvalue weighted by atomic mass is 10.2. The van der Waals surface area contributed by atoms with E-state index in [-0.39, 0.29) is 18.0 Å². The minimum atomic E-state index is -1.00. The number of nitrogen functional groups attached to an aromatic ring is 1. The lowest BCUT2D eigenvalue weighted by molar-refractivity contribution is -0.129. The second-order valence-corrected chi connectivity index (χ2v) is 5.27. The molecule has 1 atom stereocenters. The first-order valence-corrected chi connectivity index (χ1v) is 7.21. The molecule has 0 aliphatic heterocycles. The van der Waals surface area contributed by atoms with E-state index in [0.717, 1.165) is 5.56 Å². The number of hydrogen-bond acceptors (Lipinski definition) is 6. The fraction of sp³-hybridized carbons (Fsp3) is 0.267. The zero-order valence-corrected chi connectivity index (χ0v) is 13.4. The number of carbonyl (C=O) groups is 2. The highest BCUT2D eigenvalue weighted by Gasteiger charge is 2.24. The largest absolute Gasteiger partial charge is 0.449 e. The second-order valence-electron chi connectivity index (χ2n) is 4.86. The van der Waals surface area contributed by atoms with Crippen molar-refractivity contribution in [3.63, 3.8) is 0 Å². The molecule has 0 bridgehead atoms. The third-order valence-corrected chi connectivity index (χ3v) is 3.53. The Bertz CT molecular complexity index is 710. The Morgan fingerprint density at radius 3 is 2.74 bits per heavy atom. The fourth-order valence-corrected chi connectivity index (χ4v) is 2.08. The summed E-state index contributed by atoms with van der Waals surface area (Å²) in [6, 6.07) is 7.13. The first kappa shape index (κ1) is 16.8. The molecule has 23 heavy (non-hydrogen) atoms. The van der Waals surface area contributed by atoms with Crippen LogP contribution in [0.5, 0.6) is 0 Å². The molecule has 2 rings (SSSR count). The molecule has 0 radical (unpaired) electrons. The summed E-state index contributed by atoms with van der Waals surface area (Å²) < 4.78 is 9.76. The monoisotopic (exact) mass is 337 g/mol. The Labute approximate surface area is 137 Å². The summed E-state index contributed by atoms with van der Waals surface area (Å²) in [5, 5.41) is 6.75. The number of carbonyl (C=O) groups excluding carboxylic acids is 2. The molecule has 3 N–H and O–H groups in total. The van der Waals surface area contributed by atoms with E-state index in [1.54, 1.807) is 25.1 Å². The number of amides is 1. The number of ether oxygens (including phenoxy) is 1. The van der Waals surface area contributed by atoms with E-state index in [4.69, 9.17) is 22.1 Å². The number of nitrogens with two attached hydrogens (primary N) is 1. The van der Waals surface area contributed by atoms with Crippen LogP contribution in [0.3, 0.4) is 0 Å². The van der Waals surface area contributed by atoms with Crippen LogP contribution >= 0.6 is 11.6 Å². The Morgan fingerprint density at radius 2 is 2.13 bits per heavy atom. The van der Waals surface area contributed by atoms with Crippen molar-refractivity contribution in [2.45, 2.75) is 26.5 Å². The van der Waals surface area contributed by atoms with Crippen molar-refractivity contribution in [3.8, 4) is 0 Å². The molecule has 0 saturated carbocycles. The SMILES string of the molecule is Cc1noc(N)c1C(=O)O[C@H](C)C(=O)NCc1ccccc1Cl. The Kier molecular flexibility index (Phi) is 5.23. The quantitative estimate of drug-likeness (QED) is 0.809. The van der Waals surface area contributed by atoms with Crippen molar-refractivity contribution in [1.29, 1.82) is 0 Å². The summed E-state index contributed by atoms with van der Waals surface area (Å²) in [4.78, 5) is 24.0. The van der Waals surface area contributed by atoms with E-state index in [2.05, 4.69) is 15.0 Å². The molecule has 0 fully saturated rings. The van der Waals surface area contributed by atoms with Gasteiger partial charge >= 0.3 is 5.97 Å². The Balaban J connectivity index is 1.93. The summed E-state index contributed by atoms with van der Waals surface area (Å²) in [6.07, 6.45) is -1.00. The number of rotatable bonds is 5. The average Bonchev–Trinajstić information content (AvgIpc) is 2.85. The predicted molar refractivity (Wildman–Crippen MR) is 83.8 cm³/mol. The van der Waals surface area contributed by atoms with Gasteiger partial charge in [0, 0.05) is 11.6 Å². The van der Waals surface area contributed by atoms with Crippen LogP contribution in [-0.2, 0) is 16.1 Å². The van der Waals surface area contributed by atoms with Gasteiger partial charge in [0.1, 0.15) is 5.56 Å². The first-order chi connectivity index (χ1) is 10.9. The number of aryl methyl sites for hydroxylation is 1. The van der Waals surface area contributed by atoms with Crippen LogP contribution in [0.25, 0.3) is 0 Å². The van der Waals surface area contributed by atoms with E-state index in [1.165, 1.54) is 6.92 Å². The second kappa shape index (κ2) is 7.15. The smallest absolute Gasteiger partial charge is 0.346 e. The highest BCUT2D eigenvalue weighted by molar-refractivity contribution is 6.31. The van der Waals surface area contributed by atoms with E-state index < -0.39 is 18.0 Å². The molecule has 0 spiro atoms. The molecule has 1 aromatic carbocycles. The molecule has 2 aromatic rings. The van der Waals surface area contributed by atoms with Crippen molar-refractivity contribution in [3.05, 3.63) is 46.1 Å². The normalized spacial score (nSPS) is 11.8. The molecule has 7 nitrogen and oxygen atoms in total. The van der Waals surface area contributed by atoms with Gasteiger partial charge in [0.2, 0.25) is 5.88 Å². The molecule has 122 valence electrons. The van der Waals surface area contributed by atoms with E-state index in [1.807, 2.05) is 6.07 Å². The van der Waals surface area contributed by atoms with E-state index in [0.29, 0.717) is 10.7 Å². The van der Waals surface area contributed by atoms with E-state index >= 15 is 0 Å². The van der Waals surface area contributed by atoms with Crippen molar-refractivity contribution in [1.82, 2.24) is 10.5 Å². The lowest BCUT2D eigenvalue weighted by Gasteiger charge is -2.13. The summed E-state index contributed by atoms with van der Waals surface area (Å²) >= 11 is 6.01. The number of benzene rings is 1. The van der Waals surface area contributed by atoms with Crippen LogP contribution in [0.1, 0.15) is 28.5 Å². The van der Waals surface area contributed by atoms with Gasteiger partial charge in [-0.1, -0.05) is 35.0 Å². The van der Waals surface area contributed by atoms with Crippen LogP contribution in [0.2, 0.25) is 5.02 Å². The first-order valence-electron chi connectivity index (χ1n) is 6.84. The number of aromatic nitrogens is 1. The molecule has 0 aliphatic rings. The molecule has 0 aliphatic carbocycles. The van der Waals surface area contributed by atoms with Gasteiger partial charge < -0.3 is 20.3 Å². The van der Waals surface area contributed by atoms with Crippen LogP contribution in [0.15, 0.2) is 28.8 Å². The highest BCUT2D eigenvalue weighted by atomic mass is 35.5. The minimum absolute atomic E-state index is 0.0238. The van der Waals surface area contributed by atoms with Crippen LogP contribution in [0, 0.1) is 6.92 Å². The number of anilines is 1. The van der Waals surface area contributed by atoms with Crippen molar-refractivity contribution in [2.75, 3.05) is 5.73 Å². The molecule has 1 amide bonds. The standard InChI is InChI=1S/C15H16ClN3O4/c1-8-12(13(17)23-19-8)15(21)22-9(2)14(20)18-7-10-5-3-4-6-11(10)16/h3-6,9H,7,17H2,1-2H3,(H,18,20)/t9-/m1/s1. The van der Waals surface area contributed by atoms with Crippen LogP contribution in [0.4, 0.5) is 5.88 Å². The van der Waals surface area contributed by atoms with E-state index in [9.17, 15) is 9.59 Å². The molecule has 0 unspecified atom stereocenters. The van der Waals surface area contributed by atoms with Gasteiger partial charge in [-0.3, -0.25) is 4.79 Å². The number of esters is 1. The highest BCUT2D eigenvalue weighted by Crippen LogP contribution is 2.17. The predicted octanol–water partition coefficient (Wildman–Crippen LogP) is 2.08. The average molecular weight is 338 g/mol. The maximum Gasteiger partial charge on any atom is 0.346 e. The lowest BCUT2D eigenvalue weighted by Crippen LogP contribution is -2.35. The fourth-order valence-electron chi connectivity index (χ4n) is 1.88. The number of nitrogens with zero attached hydrogens (tertiary/aromatic N) is 1. The van der Waals surface area contributed by atoms with Gasteiger partial charge in [-0.15, -0.1) is 0 Å². The van der Waals surface area contributed by atoms with Crippen LogP contribution < -0.4 is 11.1 Å². The molecular weight excluding hydrogens is 322 g/mol. The summed E-state index contributed by atoms with van der Waals surface area (Å²) in [5.74, 6) is -1.36. The molecule has 8 heteroatoms. The third-order valence-electron chi connectivity index (χ3n) is 3.16. The number of nitrogens with one attached hydrogen (secondary N) is 1. The summed E-state index contributed by atoms with van der Waals surface area (Å²) in [5.41, 5.74) is 6.59. The summed E-state index contributed by atoms with van der Waals surface area (Å²) in [7, 11) is 0. The van der Waals surface area contributed by atoms with Gasteiger partial charge in [-0.05, 0) is 25.5 Å². The van der Waals surface area contributed by atoms with Crippen molar-refractivity contribution < 1.29 is 18.8 Å². The zero-order chi connectivity index (χ0) is 17.0. The molecule has 0 saturated heterocycles. The third kappa shape index (κ3) is 4.01. The maximum absolute atomic E-state index is 12.0. The number of hydrogen-bond donors (Lipinski definition) is 2. The minimum Gasteiger partial charge on any atom is -0.449 e. The van der Waals surface area contributed by atoms with Gasteiger partial charge in [0.25, 0.3) is 5.91 Å². The Hall–Kier alpha value is -2.54. The Morgan fingerprint density at radius 1 is 1.43 bits per heavy atom. The van der Waals surface area contributed by atoms with Gasteiger partial charge in [0.15, 0.2) is 6.10 Å². The maximum atomic E-state index is 12.0. The molecule has 1 aromatic heterocycles. The zero-order valence-electron chi connectivity index (χ0n) is 12.6. The molecule has 1 heterocycles. The van der Waals surface area contributed by atoms with Gasteiger partial charge in [-0.2, -0.15) is 0 Å². The summed E-state index contributed by atoms with van der Waals surface area (Å²) in [6.45, 7) is 3.24.